The number of methoxy groups -OCH3 is 1. The molecule has 0 bridgehead atoms. The van der Waals surface area contributed by atoms with Gasteiger partial charge in [-0.3, -0.25) is 10.1 Å². The van der Waals surface area contributed by atoms with Crippen LogP contribution < -0.4 is 4.74 Å². The quantitative estimate of drug-likeness (QED) is 0.389. The maximum absolute atomic E-state index is 10.7. The van der Waals surface area contributed by atoms with Crippen molar-refractivity contribution in [3.8, 4) is 11.8 Å². The summed E-state index contributed by atoms with van der Waals surface area (Å²) in [4.78, 5) is 10.1. The average molecular weight is 280 g/mol. The van der Waals surface area contributed by atoms with E-state index in [9.17, 15) is 10.1 Å². The predicted molar refractivity (Wildman–Crippen MR) is 70.6 cm³/mol. The maximum atomic E-state index is 10.7. The highest BCUT2D eigenvalue weighted by molar-refractivity contribution is 5.52. The van der Waals surface area contributed by atoms with Crippen LogP contribution in [0.1, 0.15) is 12.0 Å². The number of nitro groups is 1. The molecule has 7 nitrogen and oxygen atoms in total. The Morgan fingerprint density at radius 3 is 2.75 bits per heavy atom. The van der Waals surface area contributed by atoms with Gasteiger partial charge in [-0.15, -0.1) is 0 Å². The van der Waals surface area contributed by atoms with E-state index in [2.05, 4.69) is 0 Å². The van der Waals surface area contributed by atoms with Gasteiger partial charge in [-0.1, -0.05) is 0 Å². The van der Waals surface area contributed by atoms with Crippen LogP contribution in [0.25, 0.3) is 0 Å². The number of nitrogens with zero attached hydrogens (tertiary/aromatic N) is 2. The molecule has 0 fully saturated rings. The fourth-order valence-electron chi connectivity index (χ4n) is 1.48. The van der Waals surface area contributed by atoms with Crippen molar-refractivity contribution < 1.29 is 19.1 Å². The molecular formula is C13H16N2O5. The third kappa shape index (κ3) is 5.22. The molecule has 1 aromatic rings. The summed E-state index contributed by atoms with van der Waals surface area (Å²) in [6, 6.07) is 5.84. The van der Waals surface area contributed by atoms with Crippen molar-refractivity contribution in [3.63, 3.8) is 0 Å². The van der Waals surface area contributed by atoms with Gasteiger partial charge in [0.15, 0.2) is 0 Å². The zero-order valence-electron chi connectivity index (χ0n) is 11.2. The lowest BCUT2D eigenvalue weighted by atomic mass is 10.2. The lowest BCUT2D eigenvalue weighted by Gasteiger charge is -2.07. The minimum absolute atomic E-state index is 0.0199. The molecule has 0 aliphatic carbocycles. The second kappa shape index (κ2) is 8.85. The van der Waals surface area contributed by atoms with Gasteiger partial charge < -0.3 is 14.2 Å². The van der Waals surface area contributed by atoms with Crippen LogP contribution in [0.2, 0.25) is 0 Å². The molecule has 0 saturated carbocycles. The second-order valence-electron chi connectivity index (χ2n) is 3.86. The van der Waals surface area contributed by atoms with Crippen molar-refractivity contribution in [1.82, 2.24) is 0 Å². The van der Waals surface area contributed by atoms with Crippen molar-refractivity contribution in [2.24, 2.45) is 0 Å². The van der Waals surface area contributed by atoms with E-state index in [4.69, 9.17) is 19.5 Å². The third-order valence-electron chi connectivity index (χ3n) is 2.42. The van der Waals surface area contributed by atoms with Gasteiger partial charge >= 0.3 is 0 Å². The van der Waals surface area contributed by atoms with Gasteiger partial charge in [0.2, 0.25) is 0 Å². The molecule has 0 atom stereocenters. The highest BCUT2D eigenvalue weighted by atomic mass is 16.6. The summed E-state index contributed by atoms with van der Waals surface area (Å²) in [7, 11) is 1.63. The first-order valence-electron chi connectivity index (χ1n) is 6.07. The molecule has 0 saturated heterocycles. The minimum Gasteiger partial charge on any atom is -0.491 e. The Kier molecular flexibility index (Phi) is 7.03. The highest BCUT2D eigenvalue weighted by Gasteiger charge is 2.13. The van der Waals surface area contributed by atoms with E-state index in [-0.39, 0.29) is 11.3 Å². The van der Waals surface area contributed by atoms with E-state index in [0.717, 1.165) is 6.42 Å². The van der Waals surface area contributed by atoms with Crippen LogP contribution in [0.5, 0.6) is 5.75 Å². The molecule has 7 heteroatoms. The lowest BCUT2D eigenvalue weighted by molar-refractivity contribution is -0.385. The monoisotopic (exact) mass is 280 g/mol. The van der Waals surface area contributed by atoms with Crippen LogP contribution in [0, 0.1) is 21.4 Å². The average Bonchev–Trinajstić information content (AvgIpc) is 2.45. The molecule has 20 heavy (non-hydrogen) atoms. The van der Waals surface area contributed by atoms with E-state index in [1.165, 1.54) is 18.2 Å². The summed E-state index contributed by atoms with van der Waals surface area (Å²) in [5.41, 5.74) is -0.246. The van der Waals surface area contributed by atoms with Crippen molar-refractivity contribution in [2.45, 2.75) is 6.42 Å². The van der Waals surface area contributed by atoms with Gasteiger partial charge in [0.05, 0.1) is 11.5 Å². The first-order valence-corrected chi connectivity index (χ1v) is 6.07. The summed E-state index contributed by atoms with van der Waals surface area (Å²) >= 11 is 0. The lowest BCUT2D eigenvalue weighted by Crippen LogP contribution is -2.08. The van der Waals surface area contributed by atoms with Gasteiger partial charge in [-0.05, 0) is 12.5 Å². The smallest absolute Gasteiger partial charge is 0.287 e. The minimum atomic E-state index is -0.596. The number of benzene rings is 1. The van der Waals surface area contributed by atoms with E-state index in [1.54, 1.807) is 13.2 Å². The molecule has 1 rings (SSSR count). The number of hydrogen-bond acceptors (Lipinski definition) is 6. The topological polar surface area (TPSA) is 94.6 Å². The predicted octanol–water partition coefficient (Wildman–Crippen LogP) is 1.90. The van der Waals surface area contributed by atoms with Crippen LogP contribution >= 0.6 is 0 Å². The zero-order valence-corrected chi connectivity index (χ0v) is 11.2. The van der Waals surface area contributed by atoms with Crippen molar-refractivity contribution in [3.05, 3.63) is 33.9 Å². The fraction of sp³-hybridized carbons (Fsp3) is 0.462. The van der Waals surface area contributed by atoms with E-state index >= 15 is 0 Å². The summed E-state index contributed by atoms with van der Waals surface area (Å²) in [5.74, 6) is 0.410. The molecule has 0 aromatic heterocycles. The van der Waals surface area contributed by atoms with Crippen LogP contribution in [-0.4, -0.2) is 38.5 Å². The Morgan fingerprint density at radius 2 is 2.10 bits per heavy atom. The highest BCUT2D eigenvalue weighted by Crippen LogP contribution is 2.23. The number of nitro benzene ring substituents is 1. The molecule has 0 aliphatic rings. The summed E-state index contributed by atoms with van der Waals surface area (Å²) < 4.78 is 15.5. The van der Waals surface area contributed by atoms with E-state index in [1.807, 2.05) is 0 Å². The second-order valence-corrected chi connectivity index (χ2v) is 3.86. The summed E-state index contributed by atoms with van der Waals surface area (Å²) in [6.07, 6.45) is 0.812. The third-order valence-corrected chi connectivity index (χ3v) is 2.42. The molecule has 0 N–H and O–H groups in total. The SMILES string of the molecule is COCCCOCCOc1ccc([N+](=O)[O-])c(C#N)c1. The van der Waals surface area contributed by atoms with Crippen LogP contribution in [0.15, 0.2) is 18.2 Å². The molecule has 0 radical (unpaired) electrons. The molecule has 0 aliphatic heterocycles. The zero-order chi connectivity index (χ0) is 14.8. The van der Waals surface area contributed by atoms with Crippen molar-refractivity contribution in [2.75, 3.05) is 33.5 Å². The number of rotatable bonds is 9. The molecule has 0 spiro atoms. The standard InChI is InChI=1S/C13H16N2O5/c1-18-5-2-6-19-7-8-20-12-3-4-13(15(16)17)11(9-12)10-14/h3-4,9H,2,5-8H2,1H3. The Labute approximate surface area is 116 Å². The summed E-state index contributed by atoms with van der Waals surface area (Å²) in [5, 5.41) is 19.5. The fourth-order valence-corrected chi connectivity index (χ4v) is 1.48. The Morgan fingerprint density at radius 1 is 1.30 bits per heavy atom. The normalized spacial score (nSPS) is 10.0. The van der Waals surface area contributed by atoms with Gasteiger partial charge in [-0.25, -0.2) is 0 Å². The molecule has 1 aromatic carbocycles. The molecule has 0 heterocycles. The van der Waals surface area contributed by atoms with Gasteiger partial charge in [0.25, 0.3) is 5.69 Å². The van der Waals surface area contributed by atoms with Gasteiger partial charge in [0, 0.05) is 32.5 Å². The molecule has 0 amide bonds. The van der Waals surface area contributed by atoms with E-state index < -0.39 is 4.92 Å². The number of hydrogen-bond donors (Lipinski definition) is 0. The molecular weight excluding hydrogens is 264 g/mol. The summed E-state index contributed by atoms with van der Waals surface area (Å²) in [6.45, 7) is 1.95. The van der Waals surface area contributed by atoms with Gasteiger partial charge in [-0.2, -0.15) is 5.26 Å². The van der Waals surface area contributed by atoms with Crippen molar-refractivity contribution >= 4 is 5.69 Å². The Hall–Kier alpha value is -2.17. The largest absolute Gasteiger partial charge is 0.491 e. The Bertz CT molecular complexity index is 484. The molecule has 0 unspecified atom stereocenters. The first-order chi connectivity index (χ1) is 9.69. The van der Waals surface area contributed by atoms with Crippen LogP contribution in [-0.2, 0) is 9.47 Å². The Balaban J connectivity index is 2.38. The maximum Gasteiger partial charge on any atom is 0.287 e. The number of nitriles is 1. The van der Waals surface area contributed by atoms with Crippen LogP contribution in [0.3, 0.4) is 0 Å². The van der Waals surface area contributed by atoms with Crippen LogP contribution in [0.4, 0.5) is 5.69 Å². The first kappa shape index (κ1) is 15.9. The van der Waals surface area contributed by atoms with E-state index in [0.29, 0.717) is 32.2 Å². The number of ether oxygens (including phenoxy) is 3. The molecule has 108 valence electrons. The van der Waals surface area contributed by atoms with Gasteiger partial charge in [0.1, 0.15) is 24.0 Å². The van der Waals surface area contributed by atoms with Crippen molar-refractivity contribution in [1.29, 1.82) is 5.26 Å².